The number of nitrogens with two attached hydrogens (primary N) is 1. The Balaban J connectivity index is 2.60. The van der Waals surface area contributed by atoms with Gasteiger partial charge in [-0.1, -0.05) is 35.9 Å². The Kier molecular flexibility index (Phi) is 2.52. The molecule has 0 saturated carbocycles. The summed E-state index contributed by atoms with van der Waals surface area (Å²) >= 11 is 5.91. The van der Waals surface area contributed by atoms with Crippen molar-refractivity contribution in [3.63, 3.8) is 0 Å². The highest BCUT2D eigenvalue weighted by Gasteiger charge is 2.04. The Morgan fingerprint density at radius 1 is 1.50 bits per heavy atom. The molecule has 2 rings (SSSR count). The molecule has 0 atom stereocenters. The van der Waals surface area contributed by atoms with Gasteiger partial charge in [0.15, 0.2) is 0 Å². The van der Waals surface area contributed by atoms with Crippen molar-refractivity contribution in [3.8, 4) is 0 Å². The van der Waals surface area contributed by atoms with Crippen molar-refractivity contribution in [2.45, 2.75) is 0 Å². The van der Waals surface area contributed by atoms with Crippen molar-refractivity contribution in [2.75, 3.05) is 6.54 Å². The van der Waals surface area contributed by atoms with E-state index in [1.54, 1.807) is 0 Å². The van der Waals surface area contributed by atoms with Crippen molar-refractivity contribution >= 4 is 28.6 Å². The van der Waals surface area contributed by atoms with Crippen LogP contribution in [0, 0.1) is 0 Å². The molecule has 0 amide bonds. The van der Waals surface area contributed by atoms with E-state index in [2.05, 4.69) is 10.2 Å². The first-order valence-electron chi connectivity index (χ1n) is 4.32. The van der Waals surface area contributed by atoms with Gasteiger partial charge >= 0.3 is 0 Å². The molecular weight excluding hydrogens is 198 g/mol. The number of nitrogens with one attached hydrogen (secondary N) is 1. The molecule has 0 aliphatic rings. The molecule has 1 heterocycles. The quantitative estimate of drug-likeness (QED) is 0.793. The van der Waals surface area contributed by atoms with Crippen LogP contribution in [-0.4, -0.2) is 16.7 Å². The van der Waals surface area contributed by atoms with Crippen LogP contribution in [0.2, 0.25) is 5.15 Å². The zero-order chi connectivity index (χ0) is 9.97. The lowest BCUT2D eigenvalue weighted by molar-refractivity contribution is 1.12. The molecule has 0 aliphatic heterocycles. The molecule has 0 fully saturated rings. The lowest BCUT2D eigenvalue weighted by atomic mass is 10.1. The molecule has 2 aromatic rings. The van der Waals surface area contributed by atoms with E-state index in [9.17, 15) is 0 Å². The van der Waals surface area contributed by atoms with Crippen LogP contribution >= 0.6 is 11.6 Å². The van der Waals surface area contributed by atoms with E-state index in [1.807, 2.05) is 30.4 Å². The lowest BCUT2D eigenvalue weighted by Crippen LogP contribution is -1.92. The maximum absolute atomic E-state index is 5.91. The molecular formula is C10H10ClN3. The SMILES string of the molecule is NC/C=C/c1cccc2c(Cl)[nH]nc12. The molecule has 0 saturated heterocycles. The van der Waals surface area contributed by atoms with Crippen molar-refractivity contribution < 1.29 is 0 Å². The molecule has 0 aliphatic carbocycles. The van der Waals surface area contributed by atoms with Gasteiger partial charge in [0.2, 0.25) is 0 Å². The second-order valence-electron chi connectivity index (χ2n) is 2.92. The van der Waals surface area contributed by atoms with E-state index in [0.717, 1.165) is 16.5 Å². The van der Waals surface area contributed by atoms with E-state index in [0.29, 0.717) is 11.7 Å². The number of hydrogen-bond donors (Lipinski definition) is 2. The molecule has 72 valence electrons. The van der Waals surface area contributed by atoms with Crippen LogP contribution in [-0.2, 0) is 0 Å². The molecule has 0 spiro atoms. The fraction of sp³-hybridized carbons (Fsp3) is 0.100. The highest BCUT2D eigenvalue weighted by Crippen LogP contribution is 2.23. The molecule has 14 heavy (non-hydrogen) atoms. The van der Waals surface area contributed by atoms with Crippen LogP contribution in [0.1, 0.15) is 5.56 Å². The second kappa shape index (κ2) is 3.82. The summed E-state index contributed by atoms with van der Waals surface area (Å²) in [5, 5.41) is 8.37. The van der Waals surface area contributed by atoms with Gasteiger partial charge in [0.25, 0.3) is 0 Å². The molecule has 0 radical (unpaired) electrons. The molecule has 3 nitrogen and oxygen atoms in total. The summed E-state index contributed by atoms with van der Waals surface area (Å²) in [5.74, 6) is 0. The summed E-state index contributed by atoms with van der Waals surface area (Å²) in [6.45, 7) is 0.522. The van der Waals surface area contributed by atoms with Crippen LogP contribution in [0.25, 0.3) is 17.0 Å². The van der Waals surface area contributed by atoms with Crippen LogP contribution in [0.4, 0.5) is 0 Å². The fourth-order valence-corrected chi connectivity index (χ4v) is 1.55. The third-order valence-corrected chi connectivity index (χ3v) is 2.29. The highest BCUT2D eigenvalue weighted by molar-refractivity contribution is 6.34. The largest absolute Gasteiger partial charge is 0.327 e. The first-order chi connectivity index (χ1) is 6.83. The number of aromatic amines is 1. The van der Waals surface area contributed by atoms with Crippen molar-refractivity contribution in [2.24, 2.45) is 5.73 Å². The van der Waals surface area contributed by atoms with Crippen molar-refractivity contribution in [3.05, 3.63) is 35.0 Å². The predicted molar refractivity (Wildman–Crippen MR) is 59.2 cm³/mol. The smallest absolute Gasteiger partial charge is 0.132 e. The van der Waals surface area contributed by atoms with Gasteiger partial charge in [-0.05, 0) is 6.07 Å². The molecule has 1 aromatic heterocycles. The summed E-state index contributed by atoms with van der Waals surface area (Å²) in [5.41, 5.74) is 7.29. The maximum Gasteiger partial charge on any atom is 0.132 e. The Hall–Kier alpha value is -1.32. The summed E-state index contributed by atoms with van der Waals surface area (Å²) in [7, 11) is 0. The Labute approximate surface area is 86.6 Å². The van der Waals surface area contributed by atoms with Crippen LogP contribution in [0.5, 0.6) is 0 Å². The average molecular weight is 208 g/mol. The van der Waals surface area contributed by atoms with Gasteiger partial charge in [0.05, 0.1) is 0 Å². The van der Waals surface area contributed by atoms with E-state index >= 15 is 0 Å². The van der Waals surface area contributed by atoms with E-state index < -0.39 is 0 Å². The highest BCUT2D eigenvalue weighted by atomic mass is 35.5. The third-order valence-electron chi connectivity index (χ3n) is 2.00. The van der Waals surface area contributed by atoms with Gasteiger partial charge in [-0.3, -0.25) is 5.10 Å². The predicted octanol–water partition coefficient (Wildman–Crippen LogP) is 2.19. The normalized spacial score (nSPS) is 11.6. The fourth-order valence-electron chi connectivity index (χ4n) is 1.36. The standard InChI is InChI=1S/C10H10ClN3/c11-10-8-5-1-3-7(4-2-6-12)9(8)13-14-10/h1-5H,6,12H2,(H,13,14)/b4-2+. The van der Waals surface area contributed by atoms with Crippen LogP contribution in [0.3, 0.4) is 0 Å². The monoisotopic (exact) mass is 207 g/mol. The zero-order valence-corrected chi connectivity index (χ0v) is 8.25. The lowest BCUT2D eigenvalue weighted by Gasteiger charge is -1.94. The number of rotatable bonds is 2. The number of aromatic nitrogens is 2. The van der Waals surface area contributed by atoms with Crippen LogP contribution in [0.15, 0.2) is 24.3 Å². The number of benzene rings is 1. The average Bonchev–Trinajstić information content (AvgIpc) is 2.58. The van der Waals surface area contributed by atoms with E-state index in [-0.39, 0.29) is 0 Å². The second-order valence-corrected chi connectivity index (χ2v) is 3.30. The molecule has 1 aromatic carbocycles. The minimum atomic E-state index is 0.522. The van der Waals surface area contributed by atoms with Crippen molar-refractivity contribution in [1.82, 2.24) is 10.2 Å². The molecule has 3 N–H and O–H groups in total. The Morgan fingerprint density at radius 2 is 2.36 bits per heavy atom. The maximum atomic E-state index is 5.91. The number of hydrogen-bond acceptors (Lipinski definition) is 2. The van der Waals surface area contributed by atoms with Crippen molar-refractivity contribution in [1.29, 1.82) is 0 Å². The number of nitrogens with zero attached hydrogens (tertiary/aromatic N) is 1. The topological polar surface area (TPSA) is 54.7 Å². The molecule has 0 unspecified atom stereocenters. The van der Waals surface area contributed by atoms with Gasteiger partial charge < -0.3 is 5.73 Å². The van der Waals surface area contributed by atoms with Gasteiger partial charge in [-0.2, -0.15) is 5.10 Å². The Morgan fingerprint density at radius 3 is 3.14 bits per heavy atom. The summed E-state index contributed by atoms with van der Waals surface area (Å²) in [6, 6.07) is 5.85. The number of fused-ring (bicyclic) bond motifs is 1. The first-order valence-corrected chi connectivity index (χ1v) is 4.70. The van der Waals surface area contributed by atoms with E-state index in [1.165, 1.54) is 0 Å². The van der Waals surface area contributed by atoms with E-state index in [4.69, 9.17) is 17.3 Å². The first kappa shape index (κ1) is 9.24. The Bertz CT molecular complexity index is 473. The number of halogens is 1. The third kappa shape index (κ3) is 1.52. The number of H-pyrrole nitrogens is 1. The minimum Gasteiger partial charge on any atom is -0.327 e. The molecule has 0 bridgehead atoms. The van der Waals surface area contributed by atoms with Gasteiger partial charge in [-0.25, -0.2) is 0 Å². The summed E-state index contributed by atoms with van der Waals surface area (Å²) < 4.78 is 0. The van der Waals surface area contributed by atoms with Crippen LogP contribution < -0.4 is 5.73 Å². The summed E-state index contributed by atoms with van der Waals surface area (Å²) in [4.78, 5) is 0. The number of para-hydroxylation sites is 1. The minimum absolute atomic E-state index is 0.522. The summed E-state index contributed by atoms with van der Waals surface area (Å²) in [6.07, 6.45) is 3.83. The van der Waals surface area contributed by atoms with Gasteiger partial charge in [-0.15, -0.1) is 0 Å². The van der Waals surface area contributed by atoms with Gasteiger partial charge in [0.1, 0.15) is 10.7 Å². The van der Waals surface area contributed by atoms with Gasteiger partial charge in [0, 0.05) is 17.5 Å². The zero-order valence-electron chi connectivity index (χ0n) is 7.50. The molecule has 4 heteroatoms.